The van der Waals surface area contributed by atoms with Crippen molar-refractivity contribution in [3.05, 3.63) is 16.7 Å². The molecule has 0 unspecified atom stereocenters. The molecule has 0 radical (unpaired) electrons. The van der Waals surface area contributed by atoms with E-state index >= 15 is 0 Å². The summed E-state index contributed by atoms with van der Waals surface area (Å²) < 4.78 is 0.975. The van der Waals surface area contributed by atoms with Crippen molar-refractivity contribution in [2.75, 3.05) is 18.1 Å². The molecule has 106 valence electrons. The molecule has 0 bridgehead atoms. The fourth-order valence-corrected chi connectivity index (χ4v) is 3.41. The molecule has 2 aromatic rings. The van der Waals surface area contributed by atoms with E-state index in [1.165, 1.54) is 37.4 Å². The Hall–Kier alpha value is -0.880. The molecule has 2 aromatic heterocycles. The predicted octanol–water partition coefficient (Wildman–Crippen LogP) is 4.11. The van der Waals surface area contributed by atoms with E-state index in [1.807, 2.05) is 18.5 Å². The van der Waals surface area contributed by atoms with Crippen LogP contribution in [0.5, 0.6) is 0 Å². The fraction of sp³-hybridized carbons (Fsp3) is 0.500. The molecule has 1 saturated carbocycles. The fourth-order valence-electron chi connectivity index (χ4n) is 2.60. The topological polar surface area (TPSA) is 50.7 Å². The minimum absolute atomic E-state index is 0.751. The predicted molar refractivity (Wildman–Crippen MR) is 87.3 cm³/mol. The minimum Gasteiger partial charge on any atom is -0.369 e. The van der Waals surface area contributed by atoms with E-state index in [-0.39, 0.29) is 0 Å². The van der Waals surface area contributed by atoms with Gasteiger partial charge in [-0.05, 0) is 47.0 Å². The van der Waals surface area contributed by atoms with Crippen LogP contribution in [-0.4, -0.2) is 27.8 Å². The number of rotatable bonds is 4. The first-order valence-electron chi connectivity index (χ1n) is 6.87. The van der Waals surface area contributed by atoms with Gasteiger partial charge < -0.3 is 5.32 Å². The number of hydrogen-bond donors (Lipinski definition) is 1. The van der Waals surface area contributed by atoms with Crippen LogP contribution in [0.2, 0.25) is 0 Å². The smallest absolute Gasteiger partial charge is 0.189 e. The standard InChI is InChI=1S/C14H17BrN4S/c1-20-14-17-8-10-6-11(15)13(18-12(10)19-14)16-7-9-4-2-3-5-9/h6,8-9H,2-5,7H2,1H3,(H,16,17,18,19). The maximum atomic E-state index is 4.62. The zero-order valence-electron chi connectivity index (χ0n) is 11.4. The van der Waals surface area contributed by atoms with Crippen molar-refractivity contribution in [3.63, 3.8) is 0 Å². The maximum Gasteiger partial charge on any atom is 0.189 e. The van der Waals surface area contributed by atoms with Crippen LogP contribution in [0.4, 0.5) is 5.82 Å². The van der Waals surface area contributed by atoms with Crippen LogP contribution in [-0.2, 0) is 0 Å². The zero-order chi connectivity index (χ0) is 13.9. The Labute approximate surface area is 131 Å². The lowest BCUT2D eigenvalue weighted by Crippen LogP contribution is -2.12. The van der Waals surface area contributed by atoms with Crippen molar-refractivity contribution in [2.24, 2.45) is 5.92 Å². The molecule has 0 amide bonds. The van der Waals surface area contributed by atoms with Crippen LogP contribution in [0.3, 0.4) is 0 Å². The summed E-state index contributed by atoms with van der Waals surface area (Å²) in [5, 5.41) is 5.18. The summed E-state index contributed by atoms with van der Waals surface area (Å²) in [6, 6.07) is 2.03. The van der Waals surface area contributed by atoms with Gasteiger partial charge in [0.2, 0.25) is 0 Å². The van der Waals surface area contributed by atoms with Crippen LogP contribution in [0, 0.1) is 5.92 Å². The quantitative estimate of drug-likeness (QED) is 0.662. The lowest BCUT2D eigenvalue weighted by molar-refractivity contribution is 0.579. The molecule has 1 fully saturated rings. The highest BCUT2D eigenvalue weighted by atomic mass is 79.9. The van der Waals surface area contributed by atoms with Crippen molar-refractivity contribution in [2.45, 2.75) is 30.8 Å². The highest BCUT2D eigenvalue weighted by molar-refractivity contribution is 9.10. The molecule has 1 aliphatic rings. The molecule has 20 heavy (non-hydrogen) atoms. The summed E-state index contributed by atoms with van der Waals surface area (Å²) in [6.45, 7) is 0.998. The summed E-state index contributed by atoms with van der Waals surface area (Å²) in [4.78, 5) is 13.4. The van der Waals surface area contributed by atoms with Gasteiger partial charge in [-0.25, -0.2) is 15.0 Å². The average Bonchev–Trinajstić information content (AvgIpc) is 2.98. The molecule has 6 heteroatoms. The number of halogens is 1. The zero-order valence-corrected chi connectivity index (χ0v) is 13.8. The first kappa shape index (κ1) is 14.1. The maximum absolute atomic E-state index is 4.62. The van der Waals surface area contributed by atoms with E-state index < -0.39 is 0 Å². The van der Waals surface area contributed by atoms with Crippen molar-refractivity contribution in [1.82, 2.24) is 15.0 Å². The van der Waals surface area contributed by atoms with Gasteiger partial charge in [0, 0.05) is 18.1 Å². The molecule has 0 spiro atoms. The molecule has 2 heterocycles. The Bertz CT molecular complexity index is 613. The molecule has 1 aliphatic carbocycles. The first-order chi connectivity index (χ1) is 9.76. The largest absolute Gasteiger partial charge is 0.369 e. The number of pyridine rings is 1. The molecule has 0 aromatic carbocycles. The minimum atomic E-state index is 0.751. The van der Waals surface area contributed by atoms with Crippen LogP contribution in [0.15, 0.2) is 21.9 Å². The number of anilines is 1. The van der Waals surface area contributed by atoms with Crippen LogP contribution < -0.4 is 5.32 Å². The third-order valence-corrected chi connectivity index (χ3v) is 4.88. The Morgan fingerprint density at radius 2 is 2.15 bits per heavy atom. The Morgan fingerprint density at radius 1 is 1.35 bits per heavy atom. The number of nitrogens with zero attached hydrogens (tertiary/aromatic N) is 3. The van der Waals surface area contributed by atoms with Crippen molar-refractivity contribution < 1.29 is 0 Å². The number of fused-ring (bicyclic) bond motifs is 1. The van der Waals surface area contributed by atoms with Gasteiger partial charge in [-0.3, -0.25) is 0 Å². The van der Waals surface area contributed by atoms with E-state index in [2.05, 4.69) is 36.2 Å². The highest BCUT2D eigenvalue weighted by Gasteiger charge is 2.15. The third-order valence-electron chi connectivity index (χ3n) is 3.72. The molecule has 4 nitrogen and oxygen atoms in total. The van der Waals surface area contributed by atoms with E-state index in [9.17, 15) is 0 Å². The Balaban J connectivity index is 1.83. The van der Waals surface area contributed by atoms with Gasteiger partial charge in [0.15, 0.2) is 10.8 Å². The number of thioether (sulfide) groups is 1. The molecule has 0 atom stereocenters. The summed E-state index contributed by atoms with van der Waals surface area (Å²) >= 11 is 5.11. The lowest BCUT2D eigenvalue weighted by atomic mass is 10.1. The second-order valence-electron chi connectivity index (χ2n) is 5.12. The van der Waals surface area contributed by atoms with E-state index in [0.29, 0.717) is 0 Å². The third kappa shape index (κ3) is 3.06. The molecular formula is C14H17BrN4S. The van der Waals surface area contributed by atoms with Gasteiger partial charge >= 0.3 is 0 Å². The van der Waals surface area contributed by atoms with E-state index in [4.69, 9.17) is 0 Å². The second kappa shape index (κ2) is 6.26. The summed E-state index contributed by atoms with van der Waals surface area (Å²) in [7, 11) is 0. The Kier molecular flexibility index (Phi) is 4.41. The highest BCUT2D eigenvalue weighted by Crippen LogP contribution is 2.28. The van der Waals surface area contributed by atoms with Crippen molar-refractivity contribution >= 4 is 44.5 Å². The van der Waals surface area contributed by atoms with Crippen LogP contribution in [0.1, 0.15) is 25.7 Å². The van der Waals surface area contributed by atoms with Crippen LogP contribution in [0.25, 0.3) is 11.0 Å². The first-order valence-corrected chi connectivity index (χ1v) is 8.89. The van der Waals surface area contributed by atoms with Gasteiger partial charge in [-0.2, -0.15) is 0 Å². The monoisotopic (exact) mass is 352 g/mol. The van der Waals surface area contributed by atoms with Gasteiger partial charge in [-0.1, -0.05) is 24.6 Å². The number of nitrogens with one attached hydrogen (secondary N) is 1. The van der Waals surface area contributed by atoms with E-state index in [1.54, 1.807) is 0 Å². The van der Waals surface area contributed by atoms with Gasteiger partial charge in [0.05, 0.1) is 4.47 Å². The molecule has 0 aliphatic heterocycles. The van der Waals surface area contributed by atoms with Gasteiger partial charge in [-0.15, -0.1) is 0 Å². The van der Waals surface area contributed by atoms with E-state index in [0.717, 1.165) is 38.9 Å². The Morgan fingerprint density at radius 3 is 2.90 bits per heavy atom. The summed E-state index contributed by atoms with van der Waals surface area (Å²) in [5.41, 5.74) is 0.751. The van der Waals surface area contributed by atoms with Crippen LogP contribution >= 0.6 is 27.7 Å². The van der Waals surface area contributed by atoms with Gasteiger partial charge in [0.1, 0.15) is 5.82 Å². The molecular weight excluding hydrogens is 336 g/mol. The lowest BCUT2D eigenvalue weighted by Gasteiger charge is -2.12. The normalized spacial score (nSPS) is 15.9. The number of aromatic nitrogens is 3. The molecule has 3 rings (SSSR count). The summed E-state index contributed by atoms with van der Waals surface area (Å²) in [6.07, 6.45) is 9.19. The second-order valence-corrected chi connectivity index (χ2v) is 6.75. The SMILES string of the molecule is CSc1ncc2cc(Br)c(NCC3CCCC3)nc2n1. The van der Waals surface area contributed by atoms with Crippen molar-refractivity contribution in [3.8, 4) is 0 Å². The molecule has 1 N–H and O–H groups in total. The number of hydrogen-bond acceptors (Lipinski definition) is 5. The van der Waals surface area contributed by atoms with Gasteiger partial charge in [0.25, 0.3) is 0 Å². The van der Waals surface area contributed by atoms with Crippen molar-refractivity contribution in [1.29, 1.82) is 0 Å². The molecule has 0 saturated heterocycles. The summed E-state index contributed by atoms with van der Waals surface area (Å²) in [5.74, 6) is 1.67. The average molecular weight is 353 g/mol.